The third-order valence-corrected chi connectivity index (χ3v) is 6.09. The van der Waals surface area contributed by atoms with Crippen LogP contribution in [-0.2, 0) is 0 Å². The van der Waals surface area contributed by atoms with E-state index in [1.165, 1.54) is 22.6 Å². The highest BCUT2D eigenvalue weighted by atomic mass is 15.2. The molecular weight excluding hydrogens is 368 g/mol. The van der Waals surface area contributed by atoms with Crippen LogP contribution in [0.5, 0.6) is 0 Å². The first-order valence-electron chi connectivity index (χ1n) is 10.3. The largest absolute Gasteiger partial charge is 0.360 e. The van der Waals surface area contributed by atoms with E-state index in [1.54, 1.807) is 0 Å². The number of hydrogen-bond acceptors (Lipinski definition) is 2. The van der Waals surface area contributed by atoms with Crippen molar-refractivity contribution in [3.8, 4) is 17.1 Å². The van der Waals surface area contributed by atoms with Gasteiger partial charge < -0.3 is 9.88 Å². The fourth-order valence-electron chi connectivity index (χ4n) is 4.77. The molecule has 5 aromatic rings. The number of rotatable bonds is 2. The van der Waals surface area contributed by atoms with Gasteiger partial charge in [-0.05, 0) is 56.3 Å². The molecule has 146 valence electrons. The van der Waals surface area contributed by atoms with Crippen LogP contribution in [0.4, 0.5) is 5.69 Å². The Kier molecular flexibility index (Phi) is 3.62. The van der Waals surface area contributed by atoms with Crippen molar-refractivity contribution in [3.05, 3.63) is 102 Å². The van der Waals surface area contributed by atoms with Gasteiger partial charge in [-0.3, -0.25) is 4.57 Å². The second-order valence-electron chi connectivity index (χ2n) is 7.88. The quantitative estimate of drug-likeness (QED) is 0.396. The number of aryl methyl sites for hydroxylation is 1. The zero-order valence-electron chi connectivity index (χ0n) is 17.0. The number of fused-ring (bicyclic) bond motifs is 5. The highest BCUT2D eigenvalue weighted by Crippen LogP contribution is 2.41. The summed E-state index contributed by atoms with van der Waals surface area (Å²) in [5.74, 6) is 1.01. The average Bonchev–Trinajstić information content (AvgIpc) is 3.31. The second kappa shape index (κ2) is 6.36. The van der Waals surface area contributed by atoms with Gasteiger partial charge in [0.25, 0.3) is 0 Å². The highest BCUT2D eigenvalue weighted by Gasteiger charge is 2.30. The molecule has 0 fully saturated rings. The zero-order valence-corrected chi connectivity index (χ0v) is 17.0. The molecule has 0 radical (unpaired) electrons. The molecular formula is C26H22N4. The molecule has 1 N–H and O–H groups in total. The molecule has 0 bridgehead atoms. The van der Waals surface area contributed by atoms with Gasteiger partial charge in [-0.2, -0.15) is 0 Å². The van der Waals surface area contributed by atoms with Crippen LogP contribution in [0.2, 0.25) is 0 Å². The van der Waals surface area contributed by atoms with E-state index >= 15 is 0 Å². The third kappa shape index (κ3) is 2.37. The SMILES string of the molecule is Cc1cc([C@@H]2Nc3ccccc3-c3nc4ccccc4n32)c(C)n1-c1ccccc1. The predicted molar refractivity (Wildman–Crippen MR) is 122 cm³/mol. The normalized spacial score (nSPS) is 14.9. The summed E-state index contributed by atoms with van der Waals surface area (Å²) in [7, 11) is 0. The molecule has 0 unspecified atom stereocenters. The smallest absolute Gasteiger partial charge is 0.145 e. The standard InChI is InChI=1S/C26H22N4/c1-17-16-21(18(2)29(17)19-10-4-3-5-11-19)26-27-22-13-7-6-12-20(22)25-28-23-14-8-9-15-24(23)30(25)26/h3-16,26-27H,1-2H3/t26-/m1/s1. The molecule has 6 rings (SSSR count). The molecule has 0 saturated carbocycles. The lowest BCUT2D eigenvalue weighted by Gasteiger charge is -2.30. The van der Waals surface area contributed by atoms with E-state index in [1.807, 2.05) is 0 Å². The Hall–Kier alpha value is -3.79. The van der Waals surface area contributed by atoms with Gasteiger partial charge in [0.1, 0.15) is 12.0 Å². The summed E-state index contributed by atoms with van der Waals surface area (Å²) >= 11 is 0. The van der Waals surface area contributed by atoms with E-state index in [-0.39, 0.29) is 6.17 Å². The first kappa shape index (κ1) is 17.1. The van der Waals surface area contributed by atoms with E-state index in [9.17, 15) is 0 Å². The lowest BCUT2D eigenvalue weighted by molar-refractivity contribution is 0.663. The monoisotopic (exact) mass is 390 g/mol. The molecule has 1 aliphatic heterocycles. The predicted octanol–water partition coefficient (Wildman–Crippen LogP) is 6.08. The van der Waals surface area contributed by atoms with E-state index in [0.29, 0.717) is 0 Å². The van der Waals surface area contributed by atoms with Gasteiger partial charge in [0, 0.05) is 33.9 Å². The summed E-state index contributed by atoms with van der Waals surface area (Å²) in [6, 6.07) is 29.7. The number of para-hydroxylation sites is 4. The minimum Gasteiger partial charge on any atom is -0.360 e. The van der Waals surface area contributed by atoms with Crippen molar-refractivity contribution in [1.29, 1.82) is 0 Å². The molecule has 30 heavy (non-hydrogen) atoms. The van der Waals surface area contributed by atoms with Crippen LogP contribution >= 0.6 is 0 Å². The number of anilines is 1. The Balaban J connectivity index is 1.61. The van der Waals surface area contributed by atoms with Crippen molar-refractivity contribution in [1.82, 2.24) is 14.1 Å². The van der Waals surface area contributed by atoms with E-state index in [0.717, 1.165) is 28.1 Å². The lowest BCUT2D eigenvalue weighted by atomic mass is 10.1. The Morgan fingerprint density at radius 2 is 1.57 bits per heavy atom. The topological polar surface area (TPSA) is 34.8 Å². The fraction of sp³-hybridized carbons (Fsp3) is 0.115. The number of imidazole rings is 1. The Morgan fingerprint density at radius 3 is 2.43 bits per heavy atom. The van der Waals surface area contributed by atoms with Crippen LogP contribution in [0.3, 0.4) is 0 Å². The molecule has 0 aliphatic carbocycles. The molecule has 4 heteroatoms. The molecule has 1 atom stereocenters. The van der Waals surface area contributed by atoms with Crippen LogP contribution < -0.4 is 5.32 Å². The van der Waals surface area contributed by atoms with Crippen LogP contribution in [0.25, 0.3) is 28.1 Å². The van der Waals surface area contributed by atoms with Gasteiger partial charge >= 0.3 is 0 Å². The van der Waals surface area contributed by atoms with Crippen molar-refractivity contribution in [2.75, 3.05) is 5.32 Å². The van der Waals surface area contributed by atoms with Crippen molar-refractivity contribution in [2.45, 2.75) is 20.0 Å². The fourth-order valence-corrected chi connectivity index (χ4v) is 4.77. The molecule has 0 amide bonds. The number of hydrogen-bond donors (Lipinski definition) is 1. The number of nitrogens with zero attached hydrogens (tertiary/aromatic N) is 3. The molecule has 0 spiro atoms. The molecule has 0 saturated heterocycles. The van der Waals surface area contributed by atoms with Crippen LogP contribution in [0.1, 0.15) is 23.1 Å². The third-order valence-electron chi connectivity index (χ3n) is 6.09. The van der Waals surface area contributed by atoms with E-state index in [2.05, 4.69) is 113 Å². The maximum Gasteiger partial charge on any atom is 0.145 e. The second-order valence-corrected chi connectivity index (χ2v) is 7.88. The summed E-state index contributed by atoms with van der Waals surface area (Å²) in [6.07, 6.45) is -0.0223. The zero-order chi connectivity index (χ0) is 20.2. The van der Waals surface area contributed by atoms with Crippen molar-refractivity contribution in [3.63, 3.8) is 0 Å². The Labute approximate surface area is 175 Å². The van der Waals surface area contributed by atoms with Gasteiger partial charge in [0.2, 0.25) is 0 Å². The van der Waals surface area contributed by atoms with Gasteiger partial charge in [-0.1, -0.05) is 42.5 Å². The molecule has 1 aliphatic rings. The summed E-state index contributed by atoms with van der Waals surface area (Å²) in [5, 5.41) is 3.79. The number of aromatic nitrogens is 3. The van der Waals surface area contributed by atoms with Gasteiger partial charge in [0.15, 0.2) is 0 Å². The summed E-state index contributed by atoms with van der Waals surface area (Å²) in [6.45, 7) is 4.38. The highest BCUT2D eigenvalue weighted by molar-refractivity contribution is 5.86. The molecule has 2 aromatic heterocycles. The van der Waals surface area contributed by atoms with Crippen LogP contribution in [0.15, 0.2) is 84.9 Å². The first-order valence-corrected chi connectivity index (χ1v) is 10.3. The minimum atomic E-state index is -0.0223. The van der Waals surface area contributed by atoms with Gasteiger partial charge in [-0.15, -0.1) is 0 Å². The van der Waals surface area contributed by atoms with Crippen molar-refractivity contribution < 1.29 is 0 Å². The lowest BCUT2D eigenvalue weighted by Crippen LogP contribution is -2.25. The molecule has 3 heterocycles. The maximum atomic E-state index is 5.00. The van der Waals surface area contributed by atoms with E-state index in [4.69, 9.17) is 4.98 Å². The maximum absolute atomic E-state index is 5.00. The summed E-state index contributed by atoms with van der Waals surface area (Å²) < 4.78 is 4.67. The number of nitrogens with one attached hydrogen (secondary N) is 1. The first-order chi connectivity index (χ1) is 14.7. The van der Waals surface area contributed by atoms with Crippen molar-refractivity contribution in [2.24, 2.45) is 0 Å². The molecule has 4 nitrogen and oxygen atoms in total. The van der Waals surface area contributed by atoms with Crippen molar-refractivity contribution >= 4 is 16.7 Å². The summed E-state index contributed by atoms with van der Waals surface area (Å²) in [5.41, 5.74) is 9.33. The van der Waals surface area contributed by atoms with Gasteiger partial charge in [-0.25, -0.2) is 4.98 Å². The molecule has 3 aromatic carbocycles. The summed E-state index contributed by atoms with van der Waals surface area (Å²) in [4.78, 5) is 5.00. The number of benzene rings is 3. The Morgan fingerprint density at radius 1 is 0.833 bits per heavy atom. The van der Waals surface area contributed by atoms with Crippen LogP contribution in [-0.4, -0.2) is 14.1 Å². The minimum absolute atomic E-state index is 0.0223. The Bertz CT molecular complexity index is 1390. The average molecular weight is 390 g/mol. The van der Waals surface area contributed by atoms with Crippen LogP contribution in [0, 0.1) is 13.8 Å². The van der Waals surface area contributed by atoms with E-state index < -0.39 is 0 Å². The van der Waals surface area contributed by atoms with Gasteiger partial charge in [0.05, 0.1) is 11.0 Å².